The maximum absolute atomic E-state index is 14.0. The Morgan fingerprint density at radius 1 is 1.00 bits per heavy atom. The van der Waals surface area contributed by atoms with E-state index in [2.05, 4.69) is 10.6 Å². The number of ether oxygens (including phenoxy) is 1. The van der Waals surface area contributed by atoms with Gasteiger partial charge < -0.3 is 25.2 Å². The summed E-state index contributed by atoms with van der Waals surface area (Å²) in [6, 6.07) is 8.26. The number of amides is 3. The number of benzene rings is 1. The maximum atomic E-state index is 14.0. The van der Waals surface area contributed by atoms with Crippen LogP contribution in [0.3, 0.4) is 0 Å². The first kappa shape index (κ1) is 32.5. The number of nitrogens with zero attached hydrogens (tertiary/aromatic N) is 2. The highest BCUT2D eigenvalue weighted by Gasteiger charge is 2.41. The van der Waals surface area contributed by atoms with Crippen LogP contribution in [0.15, 0.2) is 42.0 Å². The summed E-state index contributed by atoms with van der Waals surface area (Å²) in [6.45, 7) is 18.0. The molecule has 1 aliphatic heterocycles. The van der Waals surface area contributed by atoms with Gasteiger partial charge in [0.25, 0.3) is 0 Å². The number of hydrogen-bond donors (Lipinski definition) is 2. The summed E-state index contributed by atoms with van der Waals surface area (Å²) >= 11 is 0. The second-order valence-corrected chi connectivity index (χ2v) is 12.6. The lowest BCUT2D eigenvalue weighted by molar-refractivity contribution is -0.141. The molecule has 1 aromatic rings. The molecule has 0 aromatic heterocycles. The summed E-state index contributed by atoms with van der Waals surface area (Å²) in [5.41, 5.74) is 0.574. The zero-order valence-electron chi connectivity index (χ0n) is 25.6. The van der Waals surface area contributed by atoms with Crippen LogP contribution in [0.1, 0.15) is 61.0 Å². The molecule has 8 heteroatoms. The summed E-state index contributed by atoms with van der Waals surface area (Å²) in [5, 5.41) is 6.26. The average Bonchev–Trinajstić information content (AvgIpc) is 2.89. The largest absolute Gasteiger partial charge is 0.378 e. The minimum absolute atomic E-state index is 0.0366. The lowest BCUT2D eigenvalue weighted by Crippen LogP contribution is -2.61. The van der Waals surface area contributed by atoms with E-state index in [1.54, 1.807) is 30.8 Å². The number of nitrogens with one attached hydrogen (secondary N) is 2. The van der Waals surface area contributed by atoms with E-state index in [4.69, 9.17) is 4.74 Å². The molecule has 0 saturated carbocycles. The van der Waals surface area contributed by atoms with E-state index < -0.39 is 22.9 Å². The van der Waals surface area contributed by atoms with Crippen molar-refractivity contribution < 1.29 is 19.1 Å². The van der Waals surface area contributed by atoms with E-state index in [1.807, 2.05) is 84.9 Å². The van der Waals surface area contributed by atoms with Gasteiger partial charge in [-0.25, -0.2) is 0 Å². The summed E-state index contributed by atoms with van der Waals surface area (Å²) in [4.78, 5) is 44.2. The van der Waals surface area contributed by atoms with Crippen LogP contribution in [0.25, 0.3) is 0 Å². The molecular formula is C31H50N4O4. The van der Waals surface area contributed by atoms with Crippen LogP contribution in [-0.2, 0) is 24.5 Å². The van der Waals surface area contributed by atoms with Gasteiger partial charge in [-0.3, -0.25) is 14.4 Å². The third-order valence-corrected chi connectivity index (χ3v) is 7.72. The van der Waals surface area contributed by atoms with Gasteiger partial charge in [0, 0.05) is 31.1 Å². The smallest absolute Gasteiger partial charge is 0.249 e. The van der Waals surface area contributed by atoms with Gasteiger partial charge >= 0.3 is 0 Å². The van der Waals surface area contributed by atoms with Crippen molar-refractivity contribution in [2.24, 2.45) is 11.3 Å². The van der Waals surface area contributed by atoms with Gasteiger partial charge in [0.15, 0.2) is 0 Å². The fourth-order valence-corrected chi connectivity index (χ4v) is 5.17. The molecule has 1 saturated heterocycles. The van der Waals surface area contributed by atoms with E-state index in [-0.39, 0.29) is 29.7 Å². The maximum Gasteiger partial charge on any atom is 0.249 e. The Hall–Kier alpha value is -2.71. The van der Waals surface area contributed by atoms with Crippen LogP contribution in [-0.4, -0.2) is 86.0 Å². The molecule has 8 nitrogen and oxygen atoms in total. The Morgan fingerprint density at radius 2 is 1.56 bits per heavy atom. The average molecular weight is 543 g/mol. The highest BCUT2D eigenvalue weighted by molar-refractivity contribution is 5.94. The van der Waals surface area contributed by atoms with E-state index in [9.17, 15) is 14.4 Å². The van der Waals surface area contributed by atoms with E-state index in [0.717, 1.165) is 5.56 Å². The molecule has 2 N–H and O–H groups in total. The fourth-order valence-electron chi connectivity index (χ4n) is 5.17. The normalized spacial score (nSPS) is 17.4. The third kappa shape index (κ3) is 8.15. The molecule has 1 aromatic carbocycles. The van der Waals surface area contributed by atoms with Crippen molar-refractivity contribution in [1.29, 1.82) is 0 Å². The molecular weight excluding hydrogens is 492 g/mol. The molecule has 1 heterocycles. The molecule has 0 aliphatic carbocycles. The number of hydrogen-bond acceptors (Lipinski definition) is 5. The molecule has 0 spiro atoms. The van der Waals surface area contributed by atoms with Crippen LogP contribution in [0.5, 0.6) is 0 Å². The van der Waals surface area contributed by atoms with Crippen LogP contribution < -0.4 is 10.6 Å². The molecule has 1 fully saturated rings. The minimum Gasteiger partial charge on any atom is -0.378 e. The summed E-state index contributed by atoms with van der Waals surface area (Å²) in [5.74, 6) is -0.400. The van der Waals surface area contributed by atoms with Gasteiger partial charge in [0.2, 0.25) is 17.7 Å². The van der Waals surface area contributed by atoms with Gasteiger partial charge in [-0.1, -0.05) is 84.9 Å². The Balaban J connectivity index is 2.30. The molecule has 218 valence electrons. The quantitative estimate of drug-likeness (QED) is 0.443. The number of carbonyl (C=O) groups excluding carboxylic acids is 3. The topological polar surface area (TPSA) is 91.0 Å². The first-order chi connectivity index (χ1) is 18.1. The number of carbonyl (C=O) groups is 3. The molecule has 3 atom stereocenters. The van der Waals surface area contributed by atoms with Crippen molar-refractivity contribution in [2.75, 3.05) is 40.4 Å². The fraction of sp³-hybridized carbons (Fsp3) is 0.645. The van der Waals surface area contributed by atoms with Crippen molar-refractivity contribution in [3.63, 3.8) is 0 Å². The standard InChI is InChI=1S/C31H50N4O4/c1-21(2)24(20-22(3)28(37)35-16-18-39-19-17-35)34(10)29(38)26(30(4,5)6)33-27(36)25(32-9)31(7,8)23-14-12-11-13-15-23/h11-15,20-21,24-26,32H,16-19H2,1-10H3,(H,33,36)/t24-,25-,26-/m1/s1. The highest BCUT2D eigenvalue weighted by atomic mass is 16.5. The third-order valence-electron chi connectivity index (χ3n) is 7.72. The minimum atomic E-state index is -0.762. The Labute approximate surface area is 235 Å². The van der Waals surface area contributed by atoms with Gasteiger partial charge in [0.1, 0.15) is 6.04 Å². The Morgan fingerprint density at radius 3 is 2.05 bits per heavy atom. The first-order valence-electron chi connectivity index (χ1n) is 14.0. The summed E-state index contributed by atoms with van der Waals surface area (Å²) in [6.07, 6.45) is 1.89. The van der Waals surface area contributed by atoms with E-state index >= 15 is 0 Å². The lowest BCUT2D eigenvalue weighted by atomic mass is 9.76. The lowest BCUT2D eigenvalue weighted by Gasteiger charge is -2.40. The highest BCUT2D eigenvalue weighted by Crippen LogP contribution is 2.29. The summed E-state index contributed by atoms with van der Waals surface area (Å²) < 4.78 is 5.37. The van der Waals surface area contributed by atoms with E-state index in [1.165, 1.54) is 0 Å². The predicted octanol–water partition coefficient (Wildman–Crippen LogP) is 3.37. The van der Waals surface area contributed by atoms with Crippen molar-refractivity contribution in [3.8, 4) is 0 Å². The Bertz CT molecular complexity index is 1010. The molecule has 39 heavy (non-hydrogen) atoms. The Kier molecular flexibility index (Phi) is 11.3. The zero-order chi connectivity index (χ0) is 29.5. The van der Waals surface area contributed by atoms with Crippen molar-refractivity contribution in [2.45, 2.75) is 78.9 Å². The van der Waals surface area contributed by atoms with Crippen molar-refractivity contribution in [1.82, 2.24) is 20.4 Å². The molecule has 0 unspecified atom stereocenters. The van der Waals surface area contributed by atoms with Gasteiger partial charge in [-0.05, 0) is 30.9 Å². The molecule has 0 radical (unpaired) electrons. The van der Waals surface area contributed by atoms with Crippen LogP contribution in [0.2, 0.25) is 0 Å². The van der Waals surface area contributed by atoms with E-state index in [0.29, 0.717) is 31.9 Å². The van der Waals surface area contributed by atoms with Crippen LogP contribution in [0, 0.1) is 11.3 Å². The zero-order valence-corrected chi connectivity index (χ0v) is 25.6. The summed E-state index contributed by atoms with van der Waals surface area (Å²) in [7, 11) is 3.52. The number of morpholine rings is 1. The SMILES string of the molecule is CN[C@H](C(=O)N[C@H](C(=O)N(C)[C@H](C=C(C)C(=O)N1CCOCC1)C(C)C)C(C)(C)C)C(C)(C)c1ccccc1. The monoisotopic (exact) mass is 542 g/mol. The van der Waals surface area contributed by atoms with Crippen molar-refractivity contribution >= 4 is 17.7 Å². The van der Waals surface area contributed by atoms with Crippen molar-refractivity contribution in [3.05, 3.63) is 47.5 Å². The molecule has 1 aliphatic rings. The van der Waals surface area contributed by atoms with Gasteiger partial charge in [-0.15, -0.1) is 0 Å². The molecule has 0 bridgehead atoms. The molecule has 3 amide bonds. The van der Waals surface area contributed by atoms with Crippen LogP contribution >= 0.6 is 0 Å². The second kappa shape index (κ2) is 13.6. The first-order valence-corrected chi connectivity index (χ1v) is 14.0. The second-order valence-electron chi connectivity index (χ2n) is 12.6. The predicted molar refractivity (Wildman–Crippen MR) is 156 cm³/mol. The van der Waals surface area contributed by atoms with Gasteiger partial charge in [-0.2, -0.15) is 0 Å². The molecule has 2 rings (SSSR count). The van der Waals surface area contributed by atoms with Crippen LogP contribution in [0.4, 0.5) is 0 Å². The number of likely N-dealkylation sites (N-methyl/N-ethyl adjacent to an activating group) is 2. The van der Waals surface area contributed by atoms with Gasteiger partial charge in [0.05, 0.1) is 25.3 Å². The number of rotatable bonds is 10.